The van der Waals surface area contributed by atoms with Crippen LogP contribution in [0.25, 0.3) is 0 Å². The van der Waals surface area contributed by atoms with Crippen LogP contribution in [0, 0.1) is 5.41 Å². The van der Waals surface area contributed by atoms with Crippen molar-refractivity contribution in [2.24, 2.45) is 5.41 Å². The highest BCUT2D eigenvalue weighted by molar-refractivity contribution is 9.10. The van der Waals surface area contributed by atoms with Crippen LogP contribution in [0.2, 0.25) is 0 Å². The molecule has 16 heavy (non-hydrogen) atoms. The number of hydrogen-bond donors (Lipinski definition) is 3. The summed E-state index contributed by atoms with van der Waals surface area (Å²) in [6.07, 6.45) is 1.64. The Morgan fingerprint density at radius 2 is 2.19 bits per heavy atom. The lowest BCUT2D eigenvalue weighted by molar-refractivity contribution is -0.146. The third-order valence-electron chi connectivity index (χ3n) is 2.16. The molecule has 6 heteroatoms. The highest BCUT2D eigenvalue weighted by atomic mass is 79.9. The quantitative estimate of drug-likeness (QED) is 0.787. The summed E-state index contributed by atoms with van der Waals surface area (Å²) in [6.45, 7) is 3.19. The van der Waals surface area contributed by atoms with Crippen LogP contribution in [-0.4, -0.2) is 28.5 Å². The maximum Gasteiger partial charge on any atom is 0.310 e. The first-order valence-corrected chi connectivity index (χ1v) is 5.48. The Kier molecular flexibility index (Phi) is 3.74. The molecule has 1 aromatic rings. The molecule has 0 saturated heterocycles. The second kappa shape index (κ2) is 4.69. The molecule has 0 fully saturated rings. The molecule has 1 rings (SSSR count). The Morgan fingerprint density at radius 1 is 1.56 bits per heavy atom. The van der Waals surface area contributed by atoms with Gasteiger partial charge in [-0.2, -0.15) is 0 Å². The molecule has 5 nitrogen and oxygen atoms in total. The van der Waals surface area contributed by atoms with Gasteiger partial charge in [0.2, 0.25) is 0 Å². The van der Waals surface area contributed by atoms with Crippen molar-refractivity contribution < 1.29 is 14.7 Å². The average Bonchev–Trinajstić information content (AvgIpc) is 2.61. The number of halogens is 1. The van der Waals surface area contributed by atoms with Crippen molar-refractivity contribution in [2.75, 3.05) is 6.54 Å². The number of hydrogen-bond acceptors (Lipinski definition) is 2. The zero-order valence-electron chi connectivity index (χ0n) is 9.00. The monoisotopic (exact) mass is 288 g/mol. The number of aromatic nitrogens is 1. The van der Waals surface area contributed by atoms with Gasteiger partial charge in [0.05, 0.1) is 5.41 Å². The normalized spacial score (nSPS) is 11.2. The minimum atomic E-state index is -0.973. The summed E-state index contributed by atoms with van der Waals surface area (Å²) in [5.74, 6) is -1.26. The molecular formula is C10H13BrN2O3. The van der Waals surface area contributed by atoms with E-state index >= 15 is 0 Å². The molecule has 1 amide bonds. The first-order valence-electron chi connectivity index (χ1n) is 4.68. The highest BCUT2D eigenvalue weighted by Gasteiger charge is 2.27. The van der Waals surface area contributed by atoms with Gasteiger partial charge in [-0.3, -0.25) is 9.59 Å². The van der Waals surface area contributed by atoms with E-state index in [0.717, 1.165) is 4.47 Å². The Morgan fingerprint density at radius 3 is 2.62 bits per heavy atom. The molecule has 0 aliphatic carbocycles. The van der Waals surface area contributed by atoms with Crippen molar-refractivity contribution in [1.29, 1.82) is 0 Å². The summed E-state index contributed by atoms with van der Waals surface area (Å²) in [4.78, 5) is 25.1. The van der Waals surface area contributed by atoms with E-state index in [1.54, 1.807) is 26.1 Å². The van der Waals surface area contributed by atoms with Crippen LogP contribution in [0.3, 0.4) is 0 Å². The number of carboxylic acids is 1. The highest BCUT2D eigenvalue weighted by Crippen LogP contribution is 2.14. The molecule has 0 bridgehead atoms. The maximum atomic E-state index is 11.6. The molecule has 0 atom stereocenters. The Labute approximate surface area is 101 Å². The molecule has 0 saturated carbocycles. The van der Waals surface area contributed by atoms with Crippen LogP contribution < -0.4 is 5.32 Å². The largest absolute Gasteiger partial charge is 0.481 e. The van der Waals surface area contributed by atoms with Gasteiger partial charge in [0, 0.05) is 17.2 Å². The first-order chi connectivity index (χ1) is 7.33. The van der Waals surface area contributed by atoms with Gasteiger partial charge in [0.15, 0.2) is 0 Å². The summed E-state index contributed by atoms with van der Waals surface area (Å²) in [7, 11) is 0. The van der Waals surface area contributed by atoms with E-state index in [1.165, 1.54) is 0 Å². The average molecular weight is 289 g/mol. The fourth-order valence-corrected chi connectivity index (χ4v) is 1.31. The van der Waals surface area contributed by atoms with Crippen LogP contribution >= 0.6 is 15.9 Å². The van der Waals surface area contributed by atoms with Crippen molar-refractivity contribution >= 4 is 27.8 Å². The zero-order chi connectivity index (χ0) is 12.3. The van der Waals surface area contributed by atoms with Crippen molar-refractivity contribution in [2.45, 2.75) is 13.8 Å². The summed E-state index contributed by atoms with van der Waals surface area (Å²) in [5.41, 5.74) is -0.576. The minimum Gasteiger partial charge on any atom is -0.481 e. The van der Waals surface area contributed by atoms with Crippen LogP contribution in [0.4, 0.5) is 0 Å². The van der Waals surface area contributed by atoms with E-state index in [0.29, 0.717) is 5.69 Å². The number of rotatable bonds is 4. The maximum absolute atomic E-state index is 11.6. The molecule has 0 radical (unpaired) electrons. The van der Waals surface area contributed by atoms with Gasteiger partial charge >= 0.3 is 5.97 Å². The van der Waals surface area contributed by atoms with Crippen molar-refractivity contribution in [3.05, 3.63) is 22.4 Å². The zero-order valence-corrected chi connectivity index (χ0v) is 10.6. The van der Waals surface area contributed by atoms with Crippen molar-refractivity contribution in [1.82, 2.24) is 10.3 Å². The lowest BCUT2D eigenvalue weighted by Gasteiger charge is -2.19. The second-order valence-electron chi connectivity index (χ2n) is 4.10. The number of amides is 1. The van der Waals surface area contributed by atoms with Crippen LogP contribution in [0.1, 0.15) is 24.3 Å². The van der Waals surface area contributed by atoms with E-state index in [9.17, 15) is 9.59 Å². The molecule has 88 valence electrons. The number of H-pyrrole nitrogens is 1. The lowest BCUT2D eigenvalue weighted by atomic mass is 9.94. The van der Waals surface area contributed by atoms with Gasteiger partial charge in [-0.1, -0.05) is 0 Å². The summed E-state index contributed by atoms with van der Waals surface area (Å²) in [6, 6.07) is 1.63. The Balaban J connectivity index is 2.57. The van der Waals surface area contributed by atoms with Crippen molar-refractivity contribution in [3.8, 4) is 0 Å². The summed E-state index contributed by atoms with van der Waals surface area (Å²) < 4.78 is 0.773. The number of aliphatic carboxylic acids is 1. The van der Waals surface area contributed by atoms with Gasteiger partial charge in [-0.25, -0.2) is 0 Å². The molecule has 0 aliphatic heterocycles. The van der Waals surface area contributed by atoms with Crippen LogP contribution in [0.15, 0.2) is 16.7 Å². The van der Waals surface area contributed by atoms with Gasteiger partial charge in [-0.05, 0) is 35.8 Å². The first kappa shape index (κ1) is 12.8. The van der Waals surface area contributed by atoms with Gasteiger partial charge in [-0.15, -0.1) is 0 Å². The Hall–Kier alpha value is -1.30. The minimum absolute atomic E-state index is 0.0812. The van der Waals surface area contributed by atoms with Gasteiger partial charge in [0.1, 0.15) is 5.69 Å². The van der Waals surface area contributed by atoms with E-state index in [-0.39, 0.29) is 12.5 Å². The summed E-state index contributed by atoms with van der Waals surface area (Å²) in [5, 5.41) is 11.4. The van der Waals surface area contributed by atoms with E-state index < -0.39 is 11.4 Å². The van der Waals surface area contributed by atoms with Crippen LogP contribution in [0.5, 0.6) is 0 Å². The standard InChI is InChI=1S/C10H13BrN2O3/c1-10(2,9(15)16)5-13-8(14)7-3-6(11)4-12-7/h3-4,12H,5H2,1-2H3,(H,13,14)(H,15,16). The number of carbonyl (C=O) groups is 2. The molecule has 1 aromatic heterocycles. The third-order valence-corrected chi connectivity index (χ3v) is 2.62. The van der Waals surface area contributed by atoms with Crippen LogP contribution in [-0.2, 0) is 4.79 Å². The Bertz CT molecular complexity index is 412. The molecular weight excluding hydrogens is 276 g/mol. The fraction of sp³-hybridized carbons (Fsp3) is 0.400. The molecule has 1 heterocycles. The van der Waals surface area contributed by atoms with E-state index in [1.807, 2.05) is 0 Å². The predicted molar refractivity (Wildman–Crippen MR) is 62.2 cm³/mol. The van der Waals surface area contributed by atoms with Gasteiger partial charge < -0.3 is 15.4 Å². The smallest absolute Gasteiger partial charge is 0.310 e. The van der Waals surface area contributed by atoms with Gasteiger partial charge in [0.25, 0.3) is 5.91 Å². The number of carbonyl (C=O) groups excluding carboxylic acids is 1. The van der Waals surface area contributed by atoms with Crippen molar-refractivity contribution in [3.63, 3.8) is 0 Å². The fourth-order valence-electron chi connectivity index (χ4n) is 0.971. The number of nitrogens with one attached hydrogen (secondary N) is 2. The lowest BCUT2D eigenvalue weighted by Crippen LogP contribution is -2.39. The number of aromatic amines is 1. The molecule has 0 aromatic carbocycles. The predicted octanol–water partition coefficient (Wildman–Crippen LogP) is 1.62. The van der Waals surface area contributed by atoms with E-state index in [2.05, 4.69) is 26.2 Å². The van der Waals surface area contributed by atoms with E-state index in [4.69, 9.17) is 5.11 Å². The molecule has 0 unspecified atom stereocenters. The second-order valence-corrected chi connectivity index (χ2v) is 5.02. The summed E-state index contributed by atoms with van der Waals surface area (Å²) >= 11 is 3.21. The molecule has 3 N–H and O–H groups in total. The SMILES string of the molecule is CC(C)(CNC(=O)c1cc(Br)c[nH]1)C(=O)O. The number of carboxylic acid groups (broad SMARTS) is 1. The third kappa shape index (κ3) is 3.10. The molecule has 0 aliphatic rings. The topological polar surface area (TPSA) is 82.2 Å². The molecule has 0 spiro atoms.